The van der Waals surface area contributed by atoms with Gasteiger partial charge in [0.05, 0.1) is 28.8 Å². The zero-order chi connectivity index (χ0) is 29.3. The van der Waals surface area contributed by atoms with Gasteiger partial charge in [0, 0.05) is 25.4 Å². The summed E-state index contributed by atoms with van der Waals surface area (Å²) in [5.41, 5.74) is 5.17. The molecule has 1 aliphatic heterocycles. The van der Waals surface area contributed by atoms with Crippen LogP contribution in [-0.2, 0) is 27.2 Å². The maximum absolute atomic E-state index is 13.6. The predicted octanol–water partition coefficient (Wildman–Crippen LogP) is 5.90. The number of likely N-dealkylation sites (tertiary alicyclic amines) is 1. The van der Waals surface area contributed by atoms with Gasteiger partial charge in [-0.15, -0.1) is 11.3 Å². The van der Waals surface area contributed by atoms with Crippen molar-refractivity contribution in [1.29, 1.82) is 0 Å². The molecule has 0 radical (unpaired) electrons. The summed E-state index contributed by atoms with van der Waals surface area (Å²) in [5, 5.41) is 13.1. The second-order valence-corrected chi connectivity index (χ2v) is 19.1. The maximum Gasteiger partial charge on any atom is 0.243 e. The van der Waals surface area contributed by atoms with Crippen molar-refractivity contribution in [1.82, 2.24) is 15.2 Å². The number of aryl methyl sites for hydroxylation is 1. The monoisotopic (exact) mass is 573 g/mol. The van der Waals surface area contributed by atoms with Crippen LogP contribution < -0.4 is 5.32 Å². The average molecular weight is 574 g/mol. The smallest absolute Gasteiger partial charge is 0.243 e. The molecule has 1 fully saturated rings. The molecule has 0 bridgehead atoms. The number of aromatic nitrogens is 1. The second-order valence-electron chi connectivity index (χ2n) is 13.5. The first kappa shape index (κ1) is 31.5. The Balaban J connectivity index is 1.80. The fourth-order valence-electron chi connectivity index (χ4n) is 4.55. The maximum atomic E-state index is 13.6. The molecule has 9 heteroatoms. The summed E-state index contributed by atoms with van der Waals surface area (Å²) in [6, 6.07) is 5.32. The van der Waals surface area contributed by atoms with Crippen molar-refractivity contribution in [2.75, 3.05) is 6.54 Å². The lowest BCUT2D eigenvalue weighted by Gasteiger charge is -2.38. The minimum absolute atomic E-state index is 0.00990. The largest absolute Gasteiger partial charge is 0.412 e. The first-order chi connectivity index (χ1) is 18.0. The van der Waals surface area contributed by atoms with Gasteiger partial charge >= 0.3 is 0 Å². The number of aliphatic hydroxyl groups is 1. The van der Waals surface area contributed by atoms with Gasteiger partial charge in [-0.05, 0) is 53.2 Å². The molecule has 1 aliphatic rings. The van der Waals surface area contributed by atoms with Crippen molar-refractivity contribution in [2.24, 2.45) is 11.3 Å². The van der Waals surface area contributed by atoms with Crippen molar-refractivity contribution in [3.63, 3.8) is 0 Å². The molecule has 2 heterocycles. The second kappa shape index (κ2) is 11.8. The number of benzene rings is 1. The molecule has 0 spiro atoms. The van der Waals surface area contributed by atoms with E-state index in [0.717, 1.165) is 27.3 Å². The number of aliphatic hydroxyl groups excluding tert-OH is 1. The van der Waals surface area contributed by atoms with Crippen LogP contribution in [0.3, 0.4) is 0 Å². The van der Waals surface area contributed by atoms with Crippen molar-refractivity contribution >= 4 is 31.5 Å². The van der Waals surface area contributed by atoms with Crippen molar-refractivity contribution < 1.29 is 19.1 Å². The molecule has 0 unspecified atom stereocenters. The molecule has 216 valence electrons. The lowest BCUT2D eigenvalue weighted by Crippen LogP contribution is -2.49. The minimum atomic E-state index is -2.08. The number of thiazole rings is 1. The number of amides is 2. The molecule has 1 saturated heterocycles. The number of nitrogens with zero attached hydrogens (tertiary/aromatic N) is 2. The SMILES string of the molecule is Cc1ncsc1-c1ccc(CNC(=O)[C@@H]2C[C@@H](O[Si](C)(C)C(C)(C)C)CN2C(=O)[C@@H](C)C(C)(C)C)c(CO)c1. The Hall–Kier alpha value is -2.07. The molecule has 3 rings (SSSR count). The van der Waals surface area contributed by atoms with E-state index in [9.17, 15) is 14.7 Å². The van der Waals surface area contributed by atoms with Gasteiger partial charge in [-0.2, -0.15) is 0 Å². The van der Waals surface area contributed by atoms with Gasteiger partial charge < -0.3 is 19.7 Å². The van der Waals surface area contributed by atoms with Crippen molar-refractivity contribution in [2.45, 2.75) is 105 Å². The third-order valence-corrected chi connectivity index (χ3v) is 14.1. The molecule has 0 aliphatic carbocycles. The van der Waals surface area contributed by atoms with Gasteiger partial charge in [0.2, 0.25) is 11.8 Å². The summed E-state index contributed by atoms with van der Waals surface area (Å²) in [5.74, 6) is -0.426. The van der Waals surface area contributed by atoms with E-state index in [1.807, 2.05) is 37.6 Å². The molecule has 1 aromatic heterocycles. The van der Waals surface area contributed by atoms with Gasteiger partial charge in [0.1, 0.15) is 6.04 Å². The van der Waals surface area contributed by atoms with E-state index < -0.39 is 14.4 Å². The Morgan fingerprint density at radius 1 is 1.21 bits per heavy atom. The topological polar surface area (TPSA) is 91.8 Å². The van der Waals surface area contributed by atoms with E-state index in [0.29, 0.717) is 13.0 Å². The molecule has 7 nitrogen and oxygen atoms in total. The van der Waals surface area contributed by atoms with Crippen molar-refractivity contribution in [3.05, 3.63) is 40.5 Å². The van der Waals surface area contributed by atoms with E-state index in [1.165, 1.54) is 0 Å². The van der Waals surface area contributed by atoms with Crippen LogP contribution in [0.5, 0.6) is 0 Å². The summed E-state index contributed by atoms with van der Waals surface area (Å²) in [6.07, 6.45) is 0.310. The molecule has 2 amide bonds. The summed E-state index contributed by atoms with van der Waals surface area (Å²) >= 11 is 1.57. The first-order valence-corrected chi connectivity index (χ1v) is 17.6. The summed E-state index contributed by atoms with van der Waals surface area (Å²) < 4.78 is 6.67. The van der Waals surface area contributed by atoms with Gasteiger partial charge in [-0.3, -0.25) is 9.59 Å². The highest BCUT2D eigenvalue weighted by Gasteiger charge is 2.47. The summed E-state index contributed by atoms with van der Waals surface area (Å²) in [7, 11) is -2.08. The number of hydrogen-bond donors (Lipinski definition) is 2. The Labute approximate surface area is 239 Å². The Morgan fingerprint density at radius 3 is 2.41 bits per heavy atom. The van der Waals surface area contributed by atoms with Crippen LogP contribution in [0.4, 0.5) is 0 Å². The first-order valence-electron chi connectivity index (χ1n) is 13.9. The van der Waals surface area contributed by atoms with E-state index >= 15 is 0 Å². The van der Waals surface area contributed by atoms with E-state index in [4.69, 9.17) is 4.43 Å². The molecule has 2 N–H and O–H groups in total. The molecular formula is C30H47N3O4SSi. The van der Waals surface area contributed by atoms with Gasteiger partial charge in [0.25, 0.3) is 0 Å². The van der Waals surface area contributed by atoms with Crippen molar-refractivity contribution in [3.8, 4) is 10.4 Å². The normalized spacial score (nSPS) is 19.3. The summed E-state index contributed by atoms with van der Waals surface area (Å²) in [4.78, 5) is 34.4. The van der Waals surface area contributed by atoms with E-state index in [-0.39, 0.29) is 47.4 Å². The molecule has 0 saturated carbocycles. The fraction of sp³-hybridized carbons (Fsp3) is 0.633. The lowest BCUT2D eigenvalue weighted by molar-refractivity contribution is -0.144. The Kier molecular flexibility index (Phi) is 9.52. The quantitative estimate of drug-likeness (QED) is 0.384. The fourth-order valence-corrected chi connectivity index (χ4v) is 6.71. The van der Waals surface area contributed by atoms with Gasteiger partial charge in [0.15, 0.2) is 8.32 Å². The predicted molar refractivity (Wildman–Crippen MR) is 161 cm³/mol. The minimum Gasteiger partial charge on any atom is -0.412 e. The van der Waals surface area contributed by atoms with Crippen LogP contribution in [0.1, 0.15) is 71.7 Å². The van der Waals surface area contributed by atoms with E-state index in [1.54, 1.807) is 16.2 Å². The highest BCUT2D eigenvalue weighted by Crippen LogP contribution is 2.39. The van der Waals surface area contributed by atoms with Crippen LogP contribution in [0.25, 0.3) is 10.4 Å². The van der Waals surface area contributed by atoms with Crippen LogP contribution in [0.2, 0.25) is 18.1 Å². The zero-order valence-electron chi connectivity index (χ0n) is 25.3. The average Bonchev–Trinajstić information content (AvgIpc) is 3.46. The van der Waals surface area contributed by atoms with Crippen LogP contribution in [-0.4, -0.2) is 53.8 Å². The molecule has 3 atom stereocenters. The zero-order valence-corrected chi connectivity index (χ0v) is 27.2. The van der Waals surface area contributed by atoms with Crippen LogP contribution in [0.15, 0.2) is 23.7 Å². The van der Waals surface area contributed by atoms with Gasteiger partial charge in [-0.1, -0.05) is 60.6 Å². The standard InChI is InChI=1S/C30H47N3O4SSi/c1-19(29(3,4)5)28(36)33-16-24(37-39(9,10)30(6,7)8)14-25(33)27(35)31-15-22-12-11-21(13-23(22)17-34)26-20(2)32-18-38-26/h11-13,18-19,24-25,34H,14-17H2,1-10H3,(H,31,35)/t19-,24-,25+/m1/s1. The molecule has 39 heavy (non-hydrogen) atoms. The molecular weight excluding hydrogens is 527 g/mol. The third kappa shape index (κ3) is 7.17. The number of rotatable bonds is 8. The van der Waals surface area contributed by atoms with E-state index in [2.05, 4.69) is 64.9 Å². The number of nitrogens with one attached hydrogen (secondary N) is 1. The summed E-state index contributed by atoms with van der Waals surface area (Å²) in [6.45, 7) is 21.7. The van der Waals surface area contributed by atoms with Gasteiger partial charge in [-0.25, -0.2) is 4.98 Å². The Bertz CT molecular complexity index is 1180. The number of hydrogen-bond acceptors (Lipinski definition) is 6. The molecule has 2 aromatic rings. The third-order valence-electron chi connectivity index (χ3n) is 8.62. The van der Waals surface area contributed by atoms with Crippen LogP contribution >= 0.6 is 11.3 Å². The number of carbonyl (C=O) groups excluding carboxylic acids is 2. The number of carbonyl (C=O) groups is 2. The highest BCUT2D eigenvalue weighted by molar-refractivity contribution is 7.13. The molecule has 1 aromatic carbocycles. The Morgan fingerprint density at radius 2 is 1.87 bits per heavy atom. The van der Waals surface area contributed by atoms with Crippen LogP contribution in [0, 0.1) is 18.3 Å². The lowest BCUT2D eigenvalue weighted by atomic mass is 9.81. The highest BCUT2D eigenvalue weighted by atomic mass is 32.1.